The molecule has 0 aliphatic carbocycles. The minimum absolute atomic E-state index is 0.158. The SMILES string of the molecule is COc1ccc(NC2=C(c3ccc(C)cc3C)C(=O)N(Cc3ccncc3)C2=O)cc1OC. The average molecular weight is 444 g/mol. The molecule has 33 heavy (non-hydrogen) atoms. The van der Waals surface area contributed by atoms with Gasteiger partial charge in [0.15, 0.2) is 11.5 Å². The Morgan fingerprint density at radius 2 is 1.61 bits per heavy atom. The number of methoxy groups -OCH3 is 2. The van der Waals surface area contributed by atoms with Crippen LogP contribution in [-0.2, 0) is 16.1 Å². The van der Waals surface area contributed by atoms with Crippen molar-refractivity contribution in [1.82, 2.24) is 9.88 Å². The monoisotopic (exact) mass is 443 g/mol. The van der Waals surface area contributed by atoms with Crippen LogP contribution in [-0.4, -0.2) is 35.9 Å². The molecule has 1 aromatic heterocycles. The van der Waals surface area contributed by atoms with E-state index in [0.717, 1.165) is 22.3 Å². The molecule has 0 unspecified atom stereocenters. The number of rotatable bonds is 7. The molecule has 0 atom stereocenters. The number of aromatic nitrogens is 1. The average Bonchev–Trinajstić information content (AvgIpc) is 3.04. The van der Waals surface area contributed by atoms with Gasteiger partial charge in [0.2, 0.25) is 0 Å². The molecule has 1 aliphatic heterocycles. The number of imide groups is 1. The van der Waals surface area contributed by atoms with Crippen molar-refractivity contribution in [3.05, 3.63) is 88.9 Å². The van der Waals surface area contributed by atoms with E-state index in [2.05, 4.69) is 10.3 Å². The van der Waals surface area contributed by atoms with E-state index in [1.807, 2.05) is 32.0 Å². The Hall–Kier alpha value is -4.13. The van der Waals surface area contributed by atoms with E-state index < -0.39 is 0 Å². The number of ether oxygens (including phenoxy) is 2. The molecule has 2 aromatic carbocycles. The van der Waals surface area contributed by atoms with Crippen LogP contribution in [0, 0.1) is 13.8 Å². The Kier molecular flexibility index (Phi) is 6.13. The lowest BCUT2D eigenvalue weighted by Gasteiger charge is -2.15. The highest BCUT2D eigenvalue weighted by atomic mass is 16.5. The summed E-state index contributed by atoms with van der Waals surface area (Å²) in [5.74, 6) is 0.356. The quantitative estimate of drug-likeness (QED) is 0.554. The number of carbonyl (C=O) groups excluding carboxylic acids is 2. The zero-order valence-corrected chi connectivity index (χ0v) is 19.0. The predicted molar refractivity (Wildman–Crippen MR) is 126 cm³/mol. The molecule has 0 spiro atoms. The maximum absolute atomic E-state index is 13.5. The van der Waals surface area contributed by atoms with E-state index in [1.54, 1.807) is 56.9 Å². The van der Waals surface area contributed by atoms with Gasteiger partial charge in [0.1, 0.15) is 5.70 Å². The Morgan fingerprint density at radius 1 is 0.879 bits per heavy atom. The molecule has 0 radical (unpaired) electrons. The van der Waals surface area contributed by atoms with Crippen LogP contribution in [0.15, 0.2) is 66.6 Å². The summed E-state index contributed by atoms with van der Waals surface area (Å²) in [5.41, 5.74) is 4.73. The Labute approximate surface area is 192 Å². The third kappa shape index (κ3) is 4.30. The second kappa shape index (κ2) is 9.16. The predicted octanol–water partition coefficient (Wildman–Crippen LogP) is 4.11. The molecule has 1 aliphatic rings. The highest BCUT2D eigenvalue weighted by molar-refractivity contribution is 6.36. The van der Waals surface area contributed by atoms with Crippen molar-refractivity contribution in [2.24, 2.45) is 0 Å². The van der Waals surface area contributed by atoms with Crippen LogP contribution < -0.4 is 14.8 Å². The fourth-order valence-corrected chi connectivity index (χ4v) is 3.91. The van der Waals surface area contributed by atoms with Crippen LogP contribution in [0.25, 0.3) is 5.57 Å². The first-order valence-corrected chi connectivity index (χ1v) is 10.5. The number of nitrogens with zero attached hydrogens (tertiary/aromatic N) is 2. The molecule has 0 saturated carbocycles. The minimum Gasteiger partial charge on any atom is -0.493 e. The smallest absolute Gasteiger partial charge is 0.278 e. The van der Waals surface area contributed by atoms with Gasteiger partial charge in [-0.05, 0) is 54.8 Å². The lowest BCUT2D eigenvalue weighted by atomic mass is 9.97. The number of anilines is 1. The molecule has 4 rings (SSSR count). The van der Waals surface area contributed by atoms with Crippen LogP contribution in [0.2, 0.25) is 0 Å². The zero-order chi connectivity index (χ0) is 23.5. The second-order valence-corrected chi connectivity index (χ2v) is 7.82. The Bertz CT molecular complexity index is 1250. The summed E-state index contributed by atoms with van der Waals surface area (Å²) in [6.45, 7) is 4.09. The number of pyridine rings is 1. The van der Waals surface area contributed by atoms with Gasteiger partial charge < -0.3 is 14.8 Å². The molecule has 2 amide bonds. The van der Waals surface area contributed by atoms with Gasteiger partial charge in [-0.2, -0.15) is 0 Å². The van der Waals surface area contributed by atoms with Gasteiger partial charge in [-0.1, -0.05) is 23.8 Å². The van der Waals surface area contributed by atoms with Crippen LogP contribution >= 0.6 is 0 Å². The van der Waals surface area contributed by atoms with Crippen LogP contribution in [0.4, 0.5) is 5.69 Å². The largest absolute Gasteiger partial charge is 0.493 e. The summed E-state index contributed by atoms with van der Waals surface area (Å²) in [7, 11) is 3.10. The summed E-state index contributed by atoms with van der Waals surface area (Å²) in [4.78, 5) is 32.3. The normalized spacial score (nSPS) is 13.5. The highest BCUT2D eigenvalue weighted by Crippen LogP contribution is 2.35. The molecular formula is C26H25N3O4. The van der Waals surface area contributed by atoms with E-state index in [0.29, 0.717) is 22.8 Å². The maximum Gasteiger partial charge on any atom is 0.278 e. The van der Waals surface area contributed by atoms with E-state index >= 15 is 0 Å². The van der Waals surface area contributed by atoms with E-state index in [9.17, 15) is 9.59 Å². The third-order valence-corrected chi connectivity index (χ3v) is 5.56. The fraction of sp³-hybridized carbons (Fsp3) is 0.192. The number of amides is 2. The molecule has 3 aromatic rings. The lowest BCUT2D eigenvalue weighted by molar-refractivity contribution is -0.137. The number of benzene rings is 2. The first-order valence-electron chi connectivity index (χ1n) is 10.5. The van der Waals surface area contributed by atoms with Crippen LogP contribution in [0.3, 0.4) is 0 Å². The molecule has 7 heteroatoms. The molecule has 168 valence electrons. The number of aryl methyl sites for hydroxylation is 2. The first kappa shape index (κ1) is 22.1. The topological polar surface area (TPSA) is 80.8 Å². The van der Waals surface area contributed by atoms with Crippen molar-refractivity contribution >= 4 is 23.1 Å². The van der Waals surface area contributed by atoms with Gasteiger partial charge in [0.05, 0.1) is 26.3 Å². The number of hydrogen-bond donors (Lipinski definition) is 1. The molecule has 0 saturated heterocycles. The van der Waals surface area contributed by atoms with Crippen LogP contribution in [0.1, 0.15) is 22.3 Å². The van der Waals surface area contributed by atoms with Gasteiger partial charge in [-0.25, -0.2) is 0 Å². The Balaban J connectivity index is 1.78. The fourth-order valence-electron chi connectivity index (χ4n) is 3.91. The van der Waals surface area contributed by atoms with Crippen molar-refractivity contribution in [1.29, 1.82) is 0 Å². The molecule has 7 nitrogen and oxygen atoms in total. The lowest BCUT2D eigenvalue weighted by Crippen LogP contribution is -2.32. The summed E-state index contributed by atoms with van der Waals surface area (Å²) in [6, 6.07) is 14.7. The summed E-state index contributed by atoms with van der Waals surface area (Å²) in [5, 5.41) is 3.17. The standard InChI is InChI=1S/C26H25N3O4/c1-16-5-7-20(17(2)13-16)23-24(28-19-6-8-21(32-3)22(14-19)33-4)26(31)29(25(23)30)15-18-9-11-27-12-10-18/h5-14,28H,15H2,1-4H3. The van der Waals surface area contributed by atoms with Gasteiger partial charge >= 0.3 is 0 Å². The number of hydrogen-bond acceptors (Lipinski definition) is 6. The van der Waals surface area contributed by atoms with Gasteiger partial charge in [-0.3, -0.25) is 19.5 Å². The molecular weight excluding hydrogens is 418 g/mol. The molecule has 2 heterocycles. The van der Waals surface area contributed by atoms with Gasteiger partial charge in [-0.15, -0.1) is 0 Å². The summed E-state index contributed by atoms with van der Waals surface area (Å²) in [6.07, 6.45) is 3.28. The molecule has 0 fully saturated rings. The minimum atomic E-state index is -0.387. The maximum atomic E-state index is 13.5. The van der Waals surface area contributed by atoms with Crippen LogP contribution in [0.5, 0.6) is 11.5 Å². The van der Waals surface area contributed by atoms with Gasteiger partial charge in [0, 0.05) is 24.1 Å². The zero-order valence-electron chi connectivity index (χ0n) is 19.0. The Morgan fingerprint density at radius 3 is 2.27 bits per heavy atom. The summed E-state index contributed by atoms with van der Waals surface area (Å²) < 4.78 is 10.7. The van der Waals surface area contributed by atoms with Crippen molar-refractivity contribution in [3.8, 4) is 11.5 Å². The van der Waals surface area contributed by atoms with E-state index in [4.69, 9.17) is 9.47 Å². The van der Waals surface area contributed by atoms with Crippen molar-refractivity contribution in [2.45, 2.75) is 20.4 Å². The number of carbonyl (C=O) groups is 2. The van der Waals surface area contributed by atoms with Crippen molar-refractivity contribution < 1.29 is 19.1 Å². The number of nitrogens with one attached hydrogen (secondary N) is 1. The third-order valence-electron chi connectivity index (χ3n) is 5.56. The van der Waals surface area contributed by atoms with E-state index in [-0.39, 0.29) is 24.1 Å². The van der Waals surface area contributed by atoms with Gasteiger partial charge in [0.25, 0.3) is 11.8 Å². The molecule has 0 bridgehead atoms. The van der Waals surface area contributed by atoms with Crippen molar-refractivity contribution in [2.75, 3.05) is 19.5 Å². The first-order chi connectivity index (χ1) is 15.9. The summed E-state index contributed by atoms with van der Waals surface area (Å²) >= 11 is 0. The van der Waals surface area contributed by atoms with E-state index in [1.165, 1.54) is 4.90 Å². The second-order valence-electron chi connectivity index (χ2n) is 7.82. The highest BCUT2D eigenvalue weighted by Gasteiger charge is 2.39. The molecule has 1 N–H and O–H groups in total. The van der Waals surface area contributed by atoms with Crippen molar-refractivity contribution in [3.63, 3.8) is 0 Å².